The van der Waals surface area contributed by atoms with Crippen LogP contribution in [0.3, 0.4) is 0 Å². The SMILES string of the molecule is Cc1cccc(Nc2nc(Nc3cccc(OCCN4CCCCC4)c3)ncc2F)c1NS(C)(=O)=O. The molecule has 0 amide bonds. The van der Waals surface area contributed by atoms with Crippen molar-refractivity contribution < 1.29 is 17.5 Å². The van der Waals surface area contributed by atoms with Crippen LogP contribution in [0, 0.1) is 12.7 Å². The van der Waals surface area contributed by atoms with Gasteiger partial charge in [0.05, 0.1) is 23.8 Å². The highest BCUT2D eigenvalue weighted by atomic mass is 32.2. The van der Waals surface area contributed by atoms with E-state index in [1.54, 1.807) is 25.1 Å². The Bertz CT molecular complexity index is 1300. The molecule has 36 heavy (non-hydrogen) atoms. The summed E-state index contributed by atoms with van der Waals surface area (Å²) in [7, 11) is -3.53. The van der Waals surface area contributed by atoms with E-state index in [1.807, 2.05) is 24.3 Å². The van der Waals surface area contributed by atoms with E-state index in [1.165, 1.54) is 19.3 Å². The van der Waals surface area contributed by atoms with Crippen molar-refractivity contribution in [3.63, 3.8) is 0 Å². The molecule has 1 aromatic heterocycles. The van der Waals surface area contributed by atoms with Crippen molar-refractivity contribution in [3.8, 4) is 5.75 Å². The van der Waals surface area contributed by atoms with Gasteiger partial charge in [-0.15, -0.1) is 0 Å². The third-order valence-electron chi connectivity index (χ3n) is 5.77. The van der Waals surface area contributed by atoms with Gasteiger partial charge in [0.2, 0.25) is 16.0 Å². The fraction of sp³-hybridized carbons (Fsp3) is 0.360. The van der Waals surface area contributed by atoms with Crippen LogP contribution in [-0.2, 0) is 10.0 Å². The number of nitrogens with one attached hydrogen (secondary N) is 3. The molecule has 1 saturated heterocycles. The Hall–Kier alpha value is -3.44. The first kappa shape index (κ1) is 25.6. The van der Waals surface area contributed by atoms with Gasteiger partial charge in [0.25, 0.3) is 0 Å². The molecule has 0 aliphatic carbocycles. The average molecular weight is 515 g/mol. The molecule has 0 radical (unpaired) electrons. The molecule has 0 bridgehead atoms. The monoisotopic (exact) mass is 514 g/mol. The molecule has 0 atom stereocenters. The summed E-state index contributed by atoms with van der Waals surface area (Å²) in [4.78, 5) is 10.7. The third-order valence-corrected chi connectivity index (χ3v) is 6.35. The molecule has 2 heterocycles. The summed E-state index contributed by atoms with van der Waals surface area (Å²) in [5, 5.41) is 5.95. The van der Waals surface area contributed by atoms with Gasteiger partial charge in [-0.1, -0.05) is 24.6 Å². The number of hydrogen-bond acceptors (Lipinski definition) is 8. The molecule has 0 unspecified atom stereocenters. The standard InChI is InChI=1S/C25H31FN6O3S/c1-18-8-6-11-22(23(18)31-36(2,33)34)29-24-21(26)17-27-25(30-24)28-19-9-7-10-20(16-19)35-15-14-32-12-4-3-5-13-32/h6-11,16-17,31H,3-5,12-15H2,1-2H3,(H2,27,28,29,30). The topological polar surface area (TPSA) is 108 Å². The zero-order valence-electron chi connectivity index (χ0n) is 20.4. The van der Waals surface area contributed by atoms with E-state index in [4.69, 9.17) is 4.74 Å². The van der Waals surface area contributed by atoms with Gasteiger partial charge in [0.1, 0.15) is 12.4 Å². The lowest BCUT2D eigenvalue weighted by Gasteiger charge is -2.26. The highest BCUT2D eigenvalue weighted by molar-refractivity contribution is 7.92. The van der Waals surface area contributed by atoms with E-state index in [0.29, 0.717) is 35.0 Å². The Balaban J connectivity index is 1.44. The normalized spacial score (nSPS) is 14.3. The van der Waals surface area contributed by atoms with Crippen LogP contribution in [-0.4, -0.2) is 55.8 Å². The molecule has 4 rings (SSSR count). The smallest absolute Gasteiger partial charge is 0.229 e. The number of hydrogen-bond donors (Lipinski definition) is 3. The van der Waals surface area contributed by atoms with Gasteiger partial charge in [-0.3, -0.25) is 9.62 Å². The van der Waals surface area contributed by atoms with Crippen LogP contribution in [0.5, 0.6) is 5.75 Å². The van der Waals surface area contributed by atoms with E-state index in [0.717, 1.165) is 32.1 Å². The van der Waals surface area contributed by atoms with E-state index in [9.17, 15) is 12.8 Å². The molecule has 0 spiro atoms. The number of likely N-dealkylation sites (tertiary alicyclic amines) is 1. The second kappa shape index (κ2) is 11.5. The highest BCUT2D eigenvalue weighted by Crippen LogP contribution is 2.30. The van der Waals surface area contributed by atoms with Crippen molar-refractivity contribution in [2.75, 3.05) is 47.9 Å². The second-order valence-corrected chi connectivity index (χ2v) is 10.5. The molecule has 192 valence electrons. The highest BCUT2D eigenvalue weighted by Gasteiger charge is 2.14. The quantitative estimate of drug-likeness (QED) is 0.359. The summed E-state index contributed by atoms with van der Waals surface area (Å²) >= 11 is 0. The Kier molecular flexibility index (Phi) is 8.21. The summed E-state index contributed by atoms with van der Waals surface area (Å²) in [5.74, 6) is 0.120. The zero-order chi connectivity index (χ0) is 25.5. The number of aromatic nitrogens is 2. The lowest BCUT2D eigenvalue weighted by Crippen LogP contribution is -2.33. The molecule has 1 aliphatic heterocycles. The van der Waals surface area contributed by atoms with Crippen LogP contribution in [0.25, 0.3) is 0 Å². The van der Waals surface area contributed by atoms with Gasteiger partial charge in [0.15, 0.2) is 11.6 Å². The molecular formula is C25H31FN6O3S. The lowest BCUT2D eigenvalue weighted by atomic mass is 10.1. The van der Waals surface area contributed by atoms with Crippen LogP contribution < -0.4 is 20.1 Å². The van der Waals surface area contributed by atoms with E-state index >= 15 is 0 Å². The van der Waals surface area contributed by atoms with Crippen LogP contribution in [0.4, 0.5) is 33.2 Å². The number of sulfonamides is 1. The van der Waals surface area contributed by atoms with Crippen LogP contribution >= 0.6 is 0 Å². The number of ether oxygens (including phenoxy) is 1. The van der Waals surface area contributed by atoms with Gasteiger partial charge in [0, 0.05) is 18.3 Å². The van der Waals surface area contributed by atoms with Crippen LogP contribution in [0.15, 0.2) is 48.7 Å². The van der Waals surface area contributed by atoms with Crippen LogP contribution in [0.2, 0.25) is 0 Å². The first-order valence-corrected chi connectivity index (χ1v) is 13.8. The van der Waals surface area contributed by atoms with Crippen molar-refractivity contribution >= 4 is 38.9 Å². The van der Waals surface area contributed by atoms with Gasteiger partial charge in [-0.05, 0) is 56.6 Å². The summed E-state index contributed by atoms with van der Waals surface area (Å²) in [6.45, 7) is 5.49. The largest absolute Gasteiger partial charge is 0.492 e. The van der Waals surface area contributed by atoms with Crippen molar-refractivity contribution in [3.05, 3.63) is 60.0 Å². The molecule has 3 N–H and O–H groups in total. The molecule has 1 aliphatic rings. The van der Waals surface area contributed by atoms with Crippen molar-refractivity contribution in [1.82, 2.24) is 14.9 Å². The number of nitrogens with zero attached hydrogens (tertiary/aromatic N) is 3. The number of para-hydroxylation sites is 1. The molecule has 2 aromatic carbocycles. The minimum absolute atomic E-state index is 0.0939. The van der Waals surface area contributed by atoms with E-state index in [2.05, 4.69) is 30.2 Å². The maximum absolute atomic E-state index is 14.5. The molecular weight excluding hydrogens is 483 g/mol. The molecule has 0 saturated carbocycles. The molecule has 1 fully saturated rings. The average Bonchev–Trinajstić information content (AvgIpc) is 2.84. The fourth-order valence-electron chi connectivity index (χ4n) is 4.00. The van der Waals surface area contributed by atoms with Crippen molar-refractivity contribution in [2.45, 2.75) is 26.2 Å². The van der Waals surface area contributed by atoms with E-state index < -0.39 is 15.8 Å². The lowest BCUT2D eigenvalue weighted by molar-refractivity contribution is 0.183. The Morgan fingerprint density at radius 3 is 2.64 bits per heavy atom. The first-order chi connectivity index (χ1) is 17.3. The summed E-state index contributed by atoms with van der Waals surface area (Å²) < 4.78 is 46.5. The van der Waals surface area contributed by atoms with Gasteiger partial charge in [-0.2, -0.15) is 4.98 Å². The first-order valence-electron chi connectivity index (χ1n) is 11.9. The van der Waals surface area contributed by atoms with Gasteiger partial charge < -0.3 is 15.4 Å². The third kappa shape index (κ3) is 7.28. The van der Waals surface area contributed by atoms with Gasteiger partial charge in [-0.25, -0.2) is 17.8 Å². The summed E-state index contributed by atoms with van der Waals surface area (Å²) in [5.41, 5.74) is 2.06. The Morgan fingerprint density at radius 2 is 1.86 bits per heavy atom. The maximum atomic E-state index is 14.5. The van der Waals surface area contributed by atoms with Crippen molar-refractivity contribution in [2.24, 2.45) is 0 Å². The minimum atomic E-state index is -3.53. The molecule has 3 aromatic rings. The fourth-order valence-corrected chi connectivity index (χ4v) is 4.65. The second-order valence-electron chi connectivity index (χ2n) is 8.79. The number of aryl methyl sites for hydroxylation is 1. The Morgan fingerprint density at radius 1 is 1.08 bits per heavy atom. The van der Waals surface area contributed by atoms with Crippen LogP contribution in [0.1, 0.15) is 24.8 Å². The predicted molar refractivity (Wildman–Crippen MR) is 140 cm³/mol. The van der Waals surface area contributed by atoms with E-state index in [-0.39, 0.29) is 11.8 Å². The molecule has 11 heteroatoms. The predicted octanol–water partition coefficient (Wildman–Crippen LogP) is 4.65. The number of halogens is 1. The van der Waals surface area contributed by atoms with Gasteiger partial charge >= 0.3 is 0 Å². The summed E-state index contributed by atoms with van der Waals surface area (Å²) in [6.07, 6.45) is 5.90. The number of anilines is 5. The zero-order valence-corrected chi connectivity index (χ0v) is 21.2. The minimum Gasteiger partial charge on any atom is -0.492 e. The summed E-state index contributed by atoms with van der Waals surface area (Å²) in [6, 6.07) is 12.5. The number of rotatable bonds is 10. The van der Waals surface area contributed by atoms with Crippen molar-refractivity contribution in [1.29, 1.82) is 0 Å². The Labute approximate surface area is 211 Å². The maximum Gasteiger partial charge on any atom is 0.229 e. The number of piperidine rings is 1. The molecule has 9 nitrogen and oxygen atoms in total. The number of benzene rings is 2.